The zero-order chi connectivity index (χ0) is 14.6. The number of aliphatic carboxylic acids is 1. The topological polar surface area (TPSA) is 118 Å². The lowest BCUT2D eigenvalue weighted by atomic mass is 10.3. The lowest BCUT2D eigenvalue weighted by molar-refractivity contribution is -0.385. The number of benzene rings is 1. The van der Waals surface area contributed by atoms with Gasteiger partial charge in [-0.1, -0.05) is 13.0 Å². The van der Waals surface area contributed by atoms with Gasteiger partial charge in [-0.15, -0.1) is 0 Å². The first-order chi connectivity index (χ1) is 8.78. The van der Waals surface area contributed by atoms with Crippen LogP contribution in [0.15, 0.2) is 29.2 Å². The van der Waals surface area contributed by atoms with E-state index in [1.54, 1.807) is 0 Å². The third-order valence-corrected chi connectivity index (χ3v) is 4.25. The molecule has 0 aromatic heterocycles. The predicted molar refractivity (Wildman–Crippen MR) is 65.2 cm³/mol. The second-order valence-corrected chi connectivity index (χ2v) is 5.52. The van der Waals surface area contributed by atoms with Crippen LogP contribution < -0.4 is 0 Å². The third-order valence-electron chi connectivity index (χ3n) is 2.33. The highest BCUT2D eigenvalue weighted by Gasteiger charge is 2.26. The number of likely N-dealkylation sites (N-methyl/N-ethyl adjacent to an activating group) is 1. The minimum absolute atomic E-state index is 0.0443. The van der Waals surface area contributed by atoms with Crippen LogP contribution in [0.4, 0.5) is 5.69 Å². The maximum absolute atomic E-state index is 12.1. The average Bonchev–Trinajstić information content (AvgIpc) is 2.35. The molecular formula is C10H12N2O6S. The number of carboxylic acid groups (broad SMARTS) is 1. The highest BCUT2D eigenvalue weighted by Crippen LogP contribution is 2.20. The van der Waals surface area contributed by atoms with Gasteiger partial charge in [-0.3, -0.25) is 14.9 Å². The standard InChI is InChI=1S/C10H12N2O6S/c1-2-11(7-10(13)14)19(17,18)9-5-3-4-8(6-9)12(15)16/h3-6H,2,7H2,1H3,(H,13,14). The molecule has 0 aliphatic carbocycles. The Morgan fingerprint density at radius 2 is 2.11 bits per heavy atom. The summed E-state index contributed by atoms with van der Waals surface area (Å²) in [5, 5.41) is 19.3. The fraction of sp³-hybridized carbons (Fsp3) is 0.300. The van der Waals surface area contributed by atoms with Gasteiger partial charge in [0.05, 0.1) is 9.82 Å². The lowest BCUT2D eigenvalue weighted by Crippen LogP contribution is -2.35. The van der Waals surface area contributed by atoms with Crippen molar-refractivity contribution >= 4 is 21.7 Å². The molecule has 1 N–H and O–H groups in total. The summed E-state index contributed by atoms with van der Waals surface area (Å²) in [7, 11) is -4.05. The number of rotatable bonds is 6. The van der Waals surface area contributed by atoms with E-state index in [1.165, 1.54) is 19.1 Å². The Balaban J connectivity index is 3.21. The zero-order valence-corrected chi connectivity index (χ0v) is 10.8. The molecule has 0 saturated carbocycles. The van der Waals surface area contributed by atoms with Crippen molar-refractivity contribution in [3.8, 4) is 0 Å². The SMILES string of the molecule is CCN(CC(=O)O)S(=O)(=O)c1cccc([N+](=O)[O-])c1. The van der Waals surface area contributed by atoms with Gasteiger partial charge in [0.1, 0.15) is 6.54 Å². The number of nitro groups is 1. The van der Waals surface area contributed by atoms with Crippen LogP contribution in [-0.4, -0.2) is 41.8 Å². The summed E-state index contributed by atoms with van der Waals surface area (Å²) >= 11 is 0. The smallest absolute Gasteiger partial charge is 0.318 e. The minimum Gasteiger partial charge on any atom is -0.480 e. The molecule has 8 nitrogen and oxygen atoms in total. The van der Waals surface area contributed by atoms with Crippen molar-refractivity contribution in [3.63, 3.8) is 0 Å². The quantitative estimate of drug-likeness (QED) is 0.607. The molecule has 0 unspecified atom stereocenters. The van der Waals surface area contributed by atoms with Gasteiger partial charge in [0.25, 0.3) is 5.69 Å². The molecule has 0 fully saturated rings. The van der Waals surface area contributed by atoms with E-state index in [4.69, 9.17) is 5.11 Å². The molecule has 0 amide bonds. The number of nitrogens with zero attached hydrogens (tertiary/aromatic N) is 2. The molecule has 0 atom stereocenters. The van der Waals surface area contributed by atoms with Gasteiger partial charge in [0, 0.05) is 18.7 Å². The fourth-order valence-corrected chi connectivity index (χ4v) is 2.86. The molecule has 9 heteroatoms. The van der Waals surface area contributed by atoms with Gasteiger partial charge in [0.15, 0.2) is 0 Å². The van der Waals surface area contributed by atoms with E-state index in [0.717, 1.165) is 16.4 Å². The van der Waals surface area contributed by atoms with Crippen LogP contribution in [0, 0.1) is 10.1 Å². The summed E-state index contributed by atoms with van der Waals surface area (Å²) in [6, 6.07) is 4.48. The van der Waals surface area contributed by atoms with Crippen molar-refractivity contribution in [3.05, 3.63) is 34.4 Å². The van der Waals surface area contributed by atoms with Crippen LogP contribution in [0.2, 0.25) is 0 Å². The van der Waals surface area contributed by atoms with E-state index in [-0.39, 0.29) is 17.1 Å². The molecule has 104 valence electrons. The number of hydrogen-bond donors (Lipinski definition) is 1. The summed E-state index contributed by atoms with van der Waals surface area (Å²) < 4.78 is 25.0. The Bertz CT molecular complexity index is 598. The molecular weight excluding hydrogens is 276 g/mol. The van der Waals surface area contributed by atoms with Crippen LogP contribution in [0.3, 0.4) is 0 Å². The molecule has 1 aromatic carbocycles. The second kappa shape index (κ2) is 5.76. The zero-order valence-electron chi connectivity index (χ0n) is 10.0. The molecule has 0 heterocycles. The number of sulfonamides is 1. The highest BCUT2D eigenvalue weighted by atomic mass is 32.2. The van der Waals surface area contributed by atoms with E-state index in [0.29, 0.717) is 0 Å². The number of carbonyl (C=O) groups is 1. The Hall–Kier alpha value is -2.00. The van der Waals surface area contributed by atoms with Crippen LogP contribution in [-0.2, 0) is 14.8 Å². The van der Waals surface area contributed by atoms with Gasteiger partial charge >= 0.3 is 5.97 Å². The van der Waals surface area contributed by atoms with Crippen LogP contribution in [0.1, 0.15) is 6.92 Å². The maximum atomic E-state index is 12.1. The highest BCUT2D eigenvalue weighted by molar-refractivity contribution is 7.89. The van der Waals surface area contributed by atoms with Crippen molar-refractivity contribution < 1.29 is 23.2 Å². The summed E-state index contributed by atoms with van der Waals surface area (Å²) in [4.78, 5) is 20.2. The van der Waals surface area contributed by atoms with E-state index < -0.39 is 27.5 Å². The lowest BCUT2D eigenvalue weighted by Gasteiger charge is -2.18. The molecule has 0 radical (unpaired) electrons. The van der Waals surface area contributed by atoms with Gasteiger partial charge in [-0.25, -0.2) is 8.42 Å². The van der Waals surface area contributed by atoms with Crippen LogP contribution in [0.5, 0.6) is 0 Å². The summed E-state index contributed by atoms with van der Waals surface area (Å²) in [6.45, 7) is 0.747. The van der Waals surface area contributed by atoms with E-state index >= 15 is 0 Å². The normalized spacial score (nSPS) is 11.5. The van der Waals surface area contributed by atoms with Crippen LogP contribution >= 0.6 is 0 Å². The van der Waals surface area contributed by atoms with Gasteiger partial charge in [0.2, 0.25) is 10.0 Å². The predicted octanol–water partition coefficient (Wildman–Crippen LogP) is 0.690. The molecule has 1 rings (SSSR count). The number of hydrogen-bond acceptors (Lipinski definition) is 5. The van der Waals surface area contributed by atoms with Crippen LogP contribution in [0.25, 0.3) is 0 Å². The van der Waals surface area contributed by atoms with E-state index in [9.17, 15) is 23.3 Å². The third kappa shape index (κ3) is 3.48. The van der Waals surface area contributed by atoms with Gasteiger partial charge < -0.3 is 5.11 Å². The molecule has 0 bridgehead atoms. The fourth-order valence-electron chi connectivity index (χ4n) is 1.42. The van der Waals surface area contributed by atoms with Crippen molar-refractivity contribution in [2.75, 3.05) is 13.1 Å². The largest absolute Gasteiger partial charge is 0.480 e. The summed E-state index contributed by atoms with van der Waals surface area (Å²) in [5.41, 5.74) is -0.368. The number of non-ortho nitro benzene ring substituents is 1. The number of nitro benzene ring substituents is 1. The van der Waals surface area contributed by atoms with Gasteiger partial charge in [-0.05, 0) is 6.07 Å². The Morgan fingerprint density at radius 3 is 2.58 bits per heavy atom. The van der Waals surface area contributed by atoms with Gasteiger partial charge in [-0.2, -0.15) is 4.31 Å². The average molecular weight is 288 g/mol. The number of carboxylic acids is 1. The molecule has 0 saturated heterocycles. The van der Waals surface area contributed by atoms with Crippen molar-refractivity contribution in [1.82, 2.24) is 4.31 Å². The Morgan fingerprint density at radius 1 is 1.47 bits per heavy atom. The Kier molecular flexibility index (Phi) is 4.57. The van der Waals surface area contributed by atoms with Crippen molar-refractivity contribution in [2.45, 2.75) is 11.8 Å². The van der Waals surface area contributed by atoms with Crippen molar-refractivity contribution in [1.29, 1.82) is 0 Å². The monoisotopic (exact) mass is 288 g/mol. The first-order valence-electron chi connectivity index (χ1n) is 5.25. The first kappa shape index (κ1) is 15.1. The van der Waals surface area contributed by atoms with E-state index in [1.807, 2.05) is 0 Å². The Labute approximate surface area is 109 Å². The maximum Gasteiger partial charge on any atom is 0.318 e. The molecule has 1 aromatic rings. The molecule has 0 spiro atoms. The van der Waals surface area contributed by atoms with Crippen molar-refractivity contribution in [2.24, 2.45) is 0 Å². The molecule has 19 heavy (non-hydrogen) atoms. The molecule has 0 aliphatic heterocycles. The summed E-state index contributed by atoms with van der Waals surface area (Å²) in [5.74, 6) is -1.30. The van der Waals surface area contributed by atoms with E-state index in [2.05, 4.69) is 0 Å². The second-order valence-electron chi connectivity index (χ2n) is 3.58. The summed E-state index contributed by atoms with van der Waals surface area (Å²) in [6.07, 6.45) is 0. The first-order valence-corrected chi connectivity index (χ1v) is 6.69. The molecule has 0 aliphatic rings. The minimum atomic E-state index is -4.05.